The Hall–Kier alpha value is -3.57. The summed E-state index contributed by atoms with van der Waals surface area (Å²) >= 11 is 1.59. The van der Waals surface area contributed by atoms with E-state index in [1.807, 2.05) is 61.5 Å². The first kappa shape index (κ1) is 22.6. The molecule has 0 aromatic heterocycles. The van der Waals surface area contributed by atoms with Gasteiger partial charge in [0.1, 0.15) is 12.4 Å². The van der Waals surface area contributed by atoms with Gasteiger partial charge in [0.25, 0.3) is 5.91 Å². The lowest BCUT2D eigenvalue weighted by Gasteiger charge is -2.10. The Labute approximate surface area is 198 Å². The first-order valence-electron chi connectivity index (χ1n) is 10.9. The van der Waals surface area contributed by atoms with Crippen LogP contribution in [0, 0.1) is 0 Å². The van der Waals surface area contributed by atoms with Crippen LogP contribution in [-0.2, 0) is 17.2 Å². The summed E-state index contributed by atoms with van der Waals surface area (Å²) in [6.45, 7) is 2.39. The van der Waals surface area contributed by atoms with Gasteiger partial charge in [0.2, 0.25) is 0 Å². The van der Waals surface area contributed by atoms with Crippen molar-refractivity contribution in [3.63, 3.8) is 0 Å². The number of thioether (sulfide) groups is 1. The van der Waals surface area contributed by atoms with E-state index in [2.05, 4.69) is 53.0 Å². The van der Waals surface area contributed by atoms with Gasteiger partial charge in [0, 0.05) is 5.75 Å². The van der Waals surface area contributed by atoms with E-state index >= 15 is 0 Å². The van der Waals surface area contributed by atoms with Gasteiger partial charge in [-0.25, -0.2) is 5.43 Å². The minimum Gasteiger partial charge on any atom is -0.489 e. The van der Waals surface area contributed by atoms with Crippen molar-refractivity contribution in [2.75, 3.05) is 0 Å². The van der Waals surface area contributed by atoms with Crippen molar-refractivity contribution in [2.24, 2.45) is 5.10 Å². The number of carbonyl (C=O) groups excluding carboxylic acids is 1. The average Bonchev–Trinajstić information content (AvgIpc) is 2.87. The van der Waals surface area contributed by atoms with Crippen LogP contribution in [0.2, 0.25) is 0 Å². The quantitative estimate of drug-likeness (QED) is 0.242. The minimum absolute atomic E-state index is 0.109. The van der Waals surface area contributed by atoms with E-state index in [1.165, 1.54) is 16.3 Å². The number of benzene rings is 4. The number of hydrazone groups is 1. The van der Waals surface area contributed by atoms with E-state index in [0.717, 1.165) is 22.6 Å². The monoisotopic (exact) mass is 454 g/mol. The van der Waals surface area contributed by atoms with E-state index in [-0.39, 0.29) is 11.2 Å². The first-order chi connectivity index (χ1) is 16.2. The smallest absolute Gasteiger partial charge is 0.252 e. The maximum Gasteiger partial charge on any atom is 0.252 e. The van der Waals surface area contributed by atoms with Crippen molar-refractivity contribution >= 4 is 34.7 Å². The minimum atomic E-state index is -0.188. The Morgan fingerprint density at radius 2 is 1.67 bits per heavy atom. The number of amides is 1. The molecule has 5 heteroatoms. The lowest BCUT2D eigenvalue weighted by molar-refractivity contribution is -0.120. The van der Waals surface area contributed by atoms with Crippen molar-refractivity contribution in [2.45, 2.75) is 24.5 Å². The molecule has 0 fully saturated rings. The molecule has 0 aliphatic carbocycles. The number of nitrogens with one attached hydrogen (secondary N) is 1. The Balaban J connectivity index is 1.25. The number of hydrogen-bond donors (Lipinski definition) is 1. The van der Waals surface area contributed by atoms with Crippen LogP contribution in [-0.4, -0.2) is 17.4 Å². The van der Waals surface area contributed by atoms with Crippen LogP contribution < -0.4 is 10.2 Å². The molecular formula is C28H26N2O2S. The molecule has 0 unspecified atom stereocenters. The third-order valence-electron chi connectivity index (χ3n) is 5.25. The van der Waals surface area contributed by atoms with Crippen LogP contribution in [0.4, 0.5) is 0 Å². The molecule has 1 atom stereocenters. The van der Waals surface area contributed by atoms with Crippen molar-refractivity contribution in [1.29, 1.82) is 0 Å². The molecule has 4 aromatic rings. The second kappa shape index (κ2) is 11.3. The molecule has 0 aliphatic heterocycles. The predicted molar refractivity (Wildman–Crippen MR) is 138 cm³/mol. The first-order valence-corrected chi connectivity index (χ1v) is 11.9. The summed E-state index contributed by atoms with van der Waals surface area (Å²) in [6, 6.07) is 32.3. The van der Waals surface area contributed by atoms with Gasteiger partial charge >= 0.3 is 0 Å². The number of ether oxygens (including phenoxy) is 1. The lowest BCUT2D eigenvalue weighted by Crippen LogP contribution is -2.26. The second-order valence-electron chi connectivity index (χ2n) is 7.67. The third-order valence-corrected chi connectivity index (χ3v) is 6.47. The van der Waals surface area contributed by atoms with Crippen molar-refractivity contribution in [1.82, 2.24) is 5.43 Å². The highest BCUT2D eigenvalue weighted by molar-refractivity contribution is 7.99. The van der Waals surface area contributed by atoms with Gasteiger partial charge < -0.3 is 4.74 Å². The molecule has 0 saturated carbocycles. The number of rotatable bonds is 9. The van der Waals surface area contributed by atoms with Gasteiger partial charge in [-0.1, -0.05) is 72.8 Å². The molecule has 0 spiro atoms. The molecule has 0 aliphatic rings. The molecule has 1 amide bonds. The number of hydrogen-bond acceptors (Lipinski definition) is 4. The van der Waals surface area contributed by atoms with Gasteiger partial charge in [-0.05, 0) is 58.7 Å². The number of nitrogens with zero attached hydrogens (tertiary/aromatic N) is 1. The van der Waals surface area contributed by atoms with Gasteiger partial charge in [-0.15, -0.1) is 11.8 Å². The molecule has 0 saturated heterocycles. The SMILES string of the molecule is C[C@@H](SCc1ccccc1)C(=O)N/N=C\c1ccc(OCc2cccc3ccccc23)cc1. The van der Waals surface area contributed by atoms with Crippen LogP contribution in [0.1, 0.15) is 23.6 Å². The highest BCUT2D eigenvalue weighted by atomic mass is 32.2. The standard InChI is InChI=1S/C28H26N2O2S/c1-21(33-20-23-8-3-2-4-9-23)28(31)30-29-18-22-14-16-26(17-15-22)32-19-25-12-7-11-24-10-5-6-13-27(24)25/h2-18,21H,19-20H2,1H3,(H,30,31)/b29-18-/t21-/m1/s1. The van der Waals surface area contributed by atoms with E-state index < -0.39 is 0 Å². The predicted octanol–water partition coefficient (Wildman–Crippen LogP) is 6.19. The highest BCUT2D eigenvalue weighted by Gasteiger charge is 2.12. The van der Waals surface area contributed by atoms with E-state index in [1.54, 1.807) is 18.0 Å². The molecule has 4 nitrogen and oxygen atoms in total. The molecule has 33 heavy (non-hydrogen) atoms. The Morgan fingerprint density at radius 3 is 2.48 bits per heavy atom. The fraction of sp³-hybridized carbons (Fsp3) is 0.143. The summed E-state index contributed by atoms with van der Waals surface area (Å²) in [5, 5.41) is 6.32. The molecule has 0 radical (unpaired) electrons. The van der Waals surface area contributed by atoms with Crippen molar-refractivity contribution < 1.29 is 9.53 Å². The highest BCUT2D eigenvalue weighted by Crippen LogP contribution is 2.21. The molecule has 1 N–H and O–H groups in total. The fourth-order valence-corrected chi connectivity index (χ4v) is 4.20. The molecule has 4 aromatic carbocycles. The zero-order valence-corrected chi connectivity index (χ0v) is 19.3. The van der Waals surface area contributed by atoms with Crippen molar-refractivity contribution in [3.8, 4) is 5.75 Å². The van der Waals surface area contributed by atoms with E-state index in [0.29, 0.717) is 6.61 Å². The van der Waals surface area contributed by atoms with Crippen molar-refractivity contribution in [3.05, 3.63) is 114 Å². The van der Waals surface area contributed by atoms with Crippen LogP contribution in [0.3, 0.4) is 0 Å². The van der Waals surface area contributed by atoms with Gasteiger partial charge in [-0.2, -0.15) is 5.10 Å². The Kier molecular flexibility index (Phi) is 7.77. The van der Waals surface area contributed by atoms with Crippen LogP contribution in [0.5, 0.6) is 5.75 Å². The maximum atomic E-state index is 12.3. The van der Waals surface area contributed by atoms with E-state index in [4.69, 9.17) is 4.74 Å². The van der Waals surface area contributed by atoms with Gasteiger partial charge in [-0.3, -0.25) is 4.79 Å². The summed E-state index contributed by atoms with van der Waals surface area (Å²) in [6.07, 6.45) is 1.64. The summed E-state index contributed by atoms with van der Waals surface area (Å²) in [7, 11) is 0. The molecule has 0 heterocycles. The summed E-state index contributed by atoms with van der Waals surface area (Å²) in [5.74, 6) is 1.47. The topological polar surface area (TPSA) is 50.7 Å². The lowest BCUT2D eigenvalue weighted by atomic mass is 10.1. The number of carbonyl (C=O) groups is 1. The molecule has 166 valence electrons. The molecule has 4 rings (SSSR count). The normalized spacial score (nSPS) is 12.0. The fourth-order valence-electron chi connectivity index (χ4n) is 3.36. The largest absolute Gasteiger partial charge is 0.489 e. The summed E-state index contributed by atoms with van der Waals surface area (Å²) in [5.41, 5.74) is 5.87. The average molecular weight is 455 g/mol. The maximum absolute atomic E-state index is 12.3. The number of fused-ring (bicyclic) bond motifs is 1. The zero-order chi connectivity index (χ0) is 22.9. The molecular weight excluding hydrogens is 428 g/mol. The summed E-state index contributed by atoms with van der Waals surface area (Å²) < 4.78 is 5.98. The Morgan fingerprint density at radius 1 is 0.939 bits per heavy atom. The second-order valence-corrected chi connectivity index (χ2v) is 9.00. The summed E-state index contributed by atoms with van der Waals surface area (Å²) in [4.78, 5) is 12.3. The van der Waals surface area contributed by atoms with E-state index in [9.17, 15) is 4.79 Å². The molecule has 0 bridgehead atoms. The third kappa shape index (κ3) is 6.46. The van der Waals surface area contributed by atoms with Crippen LogP contribution in [0.15, 0.2) is 102 Å². The Bertz CT molecular complexity index is 1220. The van der Waals surface area contributed by atoms with Gasteiger partial charge in [0.15, 0.2) is 0 Å². The zero-order valence-electron chi connectivity index (χ0n) is 18.5. The van der Waals surface area contributed by atoms with Crippen LogP contribution >= 0.6 is 11.8 Å². The van der Waals surface area contributed by atoms with Gasteiger partial charge in [0.05, 0.1) is 11.5 Å². The van der Waals surface area contributed by atoms with Crippen LogP contribution in [0.25, 0.3) is 10.8 Å².